The summed E-state index contributed by atoms with van der Waals surface area (Å²) >= 11 is 6.08. The highest BCUT2D eigenvalue weighted by Crippen LogP contribution is 2.40. The van der Waals surface area contributed by atoms with Crippen LogP contribution in [0.4, 0.5) is 5.69 Å². The molecule has 3 rings (SSSR count). The van der Waals surface area contributed by atoms with Gasteiger partial charge in [0.25, 0.3) is 5.91 Å². The maximum absolute atomic E-state index is 12.5. The largest absolute Gasteiger partial charge is 0.454 e. The van der Waals surface area contributed by atoms with Gasteiger partial charge in [-0.15, -0.1) is 0 Å². The van der Waals surface area contributed by atoms with Gasteiger partial charge in [-0.05, 0) is 49.2 Å². The summed E-state index contributed by atoms with van der Waals surface area (Å²) in [6.45, 7) is 3.54. The van der Waals surface area contributed by atoms with Crippen LogP contribution in [-0.2, 0) is 10.0 Å². The van der Waals surface area contributed by atoms with Gasteiger partial charge in [0.1, 0.15) is 0 Å². The van der Waals surface area contributed by atoms with E-state index >= 15 is 0 Å². The van der Waals surface area contributed by atoms with Gasteiger partial charge in [-0.3, -0.25) is 4.79 Å². The van der Waals surface area contributed by atoms with Crippen LogP contribution >= 0.6 is 11.6 Å². The van der Waals surface area contributed by atoms with Crippen LogP contribution in [-0.4, -0.2) is 21.1 Å². The van der Waals surface area contributed by atoms with E-state index in [0.29, 0.717) is 22.7 Å². The highest BCUT2D eigenvalue weighted by atomic mass is 35.5. The quantitative estimate of drug-likeness (QED) is 0.848. The normalized spacial score (nSPS) is 13.0. The molecule has 1 aliphatic heterocycles. The Morgan fingerprint density at radius 2 is 1.92 bits per heavy atom. The summed E-state index contributed by atoms with van der Waals surface area (Å²) in [6.07, 6.45) is 0. The van der Waals surface area contributed by atoms with Crippen LogP contribution < -0.4 is 19.9 Å². The number of nitrogens with two attached hydrogens (primary N) is 1. The lowest BCUT2D eigenvalue weighted by Gasteiger charge is -2.13. The Balaban J connectivity index is 1.96. The van der Waals surface area contributed by atoms with Crippen molar-refractivity contribution < 1.29 is 22.7 Å². The van der Waals surface area contributed by atoms with E-state index in [4.69, 9.17) is 26.2 Å². The summed E-state index contributed by atoms with van der Waals surface area (Å²) in [6, 6.07) is 5.74. The Morgan fingerprint density at radius 3 is 2.60 bits per heavy atom. The molecular formula is C16H15ClN2O5S. The maximum Gasteiger partial charge on any atom is 0.255 e. The molecule has 0 radical (unpaired) electrons. The molecule has 7 nitrogen and oxygen atoms in total. The molecule has 25 heavy (non-hydrogen) atoms. The number of fused-ring (bicyclic) bond motifs is 1. The zero-order chi connectivity index (χ0) is 18.4. The molecule has 1 heterocycles. The van der Waals surface area contributed by atoms with E-state index in [2.05, 4.69) is 5.32 Å². The molecule has 132 valence electrons. The lowest BCUT2D eigenvalue weighted by Crippen LogP contribution is -2.16. The van der Waals surface area contributed by atoms with E-state index in [1.807, 2.05) is 0 Å². The second-order valence-corrected chi connectivity index (χ2v) is 7.57. The first-order valence-electron chi connectivity index (χ1n) is 7.21. The van der Waals surface area contributed by atoms with Crippen LogP contribution in [0.25, 0.3) is 0 Å². The average molecular weight is 383 g/mol. The van der Waals surface area contributed by atoms with Crippen molar-refractivity contribution in [3.8, 4) is 11.5 Å². The van der Waals surface area contributed by atoms with Crippen LogP contribution in [0.1, 0.15) is 21.5 Å². The Hall–Kier alpha value is -2.29. The number of aryl methyl sites for hydroxylation is 1. The predicted octanol–water partition coefficient (Wildman–Crippen LogP) is 2.59. The number of rotatable bonds is 3. The van der Waals surface area contributed by atoms with Gasteiger partial charge < -0.3 is 14.8 Å². The summed E-state index contributed by atoms with van der Waals surface area (Å²) < 4.78 is 33.6. The number of halogens is 1. The van der Waals surface area contributed by atoms with Gasteiger partial charge in [0.15, 0.2) is 11.5 Å². The fourth-order valence-electron chi connectivity index (χ4n) is 2.41. The van der Waals surface area contributed by atoms with Gasteiger partial charge in [0.05, 0.1) is 9.92 Å². The van der Waals surface area contributed by atoms with Crippen LogP contribution in [0.3, 0.4) is 0 Å². The number of anilines is 1. The van der Waals surface area contributed by atoms with Crippen LogP contribution in [0.2, 0.25) is 5.02 Å². The van der Waals surface area contributed by atoms with Crippen molar-refractivity contribution in [1.82, 2.24) is 0 Å². The average Bonchev–Trinajstić information content (AvgIpc) is 2.99. The molecule has 0 unspecified atom stereocenters. The second-order valence-electron chi connectivity index (χ2n) is 5.60. The Bertz CT molecular complexity index is 989. The standard InChI is InChI=1S/C16H15ClN2O5S/c1-8-3-11(25(18,21)22)6-13(9(8)2)19-16(20)10-4-12(17)15-14(5-10)23-7-24-15/h3-6H,7H2,1-2H3,(H,19,20)(H2,18,21,22). The van der Waals surface area contributed by atoms with Crippen molar-refractivity contribution in [2.45, 2.75) is 18.7 Å². The van der Waals surface area contributed by atoms with Crippen LogP contribution in [0.15, 0.2) is 29.2 Å². The van der Waals surface area contributed by atoms with Gasteiger partial charge in [-0.1, -0.05) is 11.6 Å². The third kappa shape index (κ3) is 3.41. The summed E-state index contributed by atoms with van der Waals surface area (Å²) in [7, 11) is -3.89. The molecule has 0 spiro atoms. The fraction of sp³-hybridized carbons (Fsp3) is 0.188. The third-order valence-electron chi connectivity index (χ3n) is 3.91. The summed E-state index contributed by atoms with van der Waals surface area (Å²) in [4.78, 5) is 12.5. The van der Waals surface area contributed by atoms with Crippen molar-refractivity contribution in [3.63, 3.8) is 0 Å². The molecule has 3 N–H and O–H groups in total. The highest BCUT2D eigenvalue weighted by Gasteiger charge is 2.21. The number of carbonyl (C=O) groups excluding carboxylic acids is 1. The highest BCUT2D eigenvalue weighted by molar-refractivity contribution is 7.89. The fourth-order valence-corrected chi connectivity index (χ4v) is 3.30. The van der Waals surface area contributed by atoms with Gasteiger partial charge in [0, 0.05) is 11.3 Å². The number of ether oxygens (including phenoxy) is 2. The lowest BCUT2D eigenvalue weighted by atomic mass is 10.1. The number of hydrogen-bond acceptors (Lipinski definition) is 5. The van der Waals surface area contributed by atoms with E-state index in [1.165, 1.54) is 24.3 Å². The Morgan fingerprint density at radius 1 is 1.20 bits per heavy atom. The molecule has 0 saturated carbocycles. The minimum atomic E-state index is -3.89. The molecule has 1 aliphatic rings. The summed E-state index contributed by atoms with van der Waals surface area (Å²) in [5.74, 6) is 0.305. The number of primary sulfonamides is 1. The van der Waals surface area contributed by atoms with Gasteiger partial charge in [0.2, 0.25) is 16.8 Å². The van der Waals surface area contributed by atoms with Crippen molar-refractivity contribution in [2.75, 3.05) is 12.1 Å². The van der Waals surface area contributed by atoms with Crippen molar-refractivity contribution in [1.29, 1.82) is 0 Å². The molecule has 0 fully saturated rings. The first-order valence-corrected chi connectivity index (χ1v) is 9.14. The number of sulfonamides is 1. The number of benzene rings is 2. The second kappa shape index (κ2) is 6.21. The lowest BCUT2D eigenvalue weighted by molar-refractivity contribution is 0.102. The molecule has 2 aromatic carbocycles. The Kier molecular flexibility index (Phi) is 4.36. The first-order chi connectivity index (χ1) is 11.7. The minimum Gasteiger partial charge on any atom is -0.454 e. The van der Waals surface area contributed by atoms with Gasteiger partial charge in [-0.25, -0.2) is 13.6 Å². The molecule has 0 saturated heterocycles. The number of nitrogens with one attached hydrogen (secondary N) is 1. The van der Waals surface area contributed by atoms with E-state index in [-0.39, 0.29) is 22.3 Å². The molecular weight excluding hydrogens is 368 g/mol. The minimum absolute atomic E-state index is 0.0365. The summed E-state index contributed by atoms with van der Waals surface area (Å²) in [5, 5.41) is 8.12. The molecule has 9 heteroatoms. The van der Waals surface area contributed by atoms with Gasteiger partial charge >= 0.3 is 0 Å². The zero-order valence-corrected chi connectivity index (χ0v) is 15.0. The van der Waals surface area contributed by atoms with Crippen LogP contribution in [0, 0.1) is 13.8 Å². The first kappa shape index (κ1) is 17.5. The molecule has 2 aromatic rings. The number of amides is 1. The van der Waals surface area contributed by atoms with Crippen molar-refractivity contribution in [3.05, 3.63) is 46.0 Å². The molecule has 0 aliphatic carbocycles. The van der Waals surface area contributed by atoms with Crippen molar-refractivity contribution >= 4 is 33.2 Å². The van der Waals surface area contributed by atoms with E-state index in [0.717, 1.165) is 5.56 Å². The third-order valence-corrected chi connectivity index (χ3v) is 5.08. The smallest absolute Gasteiger partial charge is 0.255 e. The SMILES string of the molecule is Cc1cc(S(N)(=O)=O)cc(NC(=O)c2cc(Cl)c3c(c2)OCO3)c1C. The summed E-state index contributed by atoms with van der Waals surface area (Å²) in [5.41, 5.74) is 2.02. The molecule has 1 amide bonds. The predicted molar refractivity (Wildman–Crippen MR) is 92.8 cm³/mol. The number of carbonyl (C=O) groups is 1. The Labute approximate surface area is 149 Å². The van der Waals surface area contributed by atoms with E-state index < -0.39 is 15.9 Å². The van der Waals surface area contributed by atoms with Gasteiger partial charge in [-0.2, -0.15) is 0 Å². The molecule has 0 atom stereocenters. The van der Waals surface area contributed by atoms with Crippen LogP contribution in [0.5, 0.6) is 11.5 Å². The van der Waals surface area contributed by atoms with Crippen molar-refractivity contribution in [2.24, 2.45) is 5.14 Å². The molecule has 0 bridgehead atoms. The topological polar surface area (TPSA) is 108 Å². The molecule has 0 aromatic heterocycles. The number of hydrogen-bond donors (Lipinski definition) is 2. The maximum atomic E-state index is 12.5. The zero-order valence-electron chi connectivity index (χ0n) is 13.4. The van der Waals surface area contributed by atoms with E-state index in [9.17, 15) is 13.2 Å². The van der Waals surface area contributed by atoms with E-state index in [1.54, 1.807) is 13.8 Å². The monoisotopic (exact) mass is 382 g/mol.